The van der Waals surface area contributed by atoms with Crippen molar-refractivity contribution >= 4 is 5.91 Å². The number of nitrogens with zero attached hydrogens (tertiary/aromatic N) is 3. The molecule has 1 amide bonds. The minimum absolute atomic E-state index is 0.0529. The number of likely N-dealkylation sites (tertiary alicyclic amines) is 2. The number of carbonyl (C=O) groups excluding carboxylic acids is 1. The molecule has 2 saturated heterocycles. The molecule has 0 radical (unpaired) electrons. The number of methoxy groups -OCH3 is 1. The molecule has 0 aliphatic carbocycles. The van der Waals surface area contributed by atoms with E-state index in [-0.39, 0.29) is 11.3 Å². The summed E-state index contributed by atoms with van der Waals surface area (Å²) in [4.78, 5) is 21.5. The minimum Gasteiger partial charge on any atom is -0.384 e. The van der Waals surface area contributed by atoms with E-state index < -0.39 is 0 Å². The highest BCUT2D eigenvalue weighted by atomic mass is 16.5. The lowest BCUT2D eigenvalue weighted by Gasteiger charge is -2.30. The third-order valence-electron chi connectivity index (χ3n) is 4.96. The van der Waals surface area contributed by atoms with Gasteiger partial charge in [-0.05, 0) is 31.9 Å². The van der Waals surface area contributed by atoms with Crippen LogP contribution in [0, 0.1) is 12.3 Å². The molecule has 2 aliphatic rings. The first kappa shape index (κ1) is 16.4. The van der Waals surface area contributed by atoms with Crippen LogP contribution in [0.3, 0.4) is 0 Å². The summed E-state index contributed by atoms with van der Waals surface area (Å²) in [7, 11) is 1.71. The van der Waals surface area contributed by atoms with Gasteiger partial charge in [0.2, 0.25) is 5.91 Å². The maximum atomic E-state index is 12.4. The minimum atomic E-state index is -0.0529. The fourth-order valence-electron chi connectivity index (χ4n) is 3.96. The van der Waals surface area contributed by atoms with Gasteiger partial charge in [-0.2, -0.15) is 0 Å². The predicted molar refractivity (Wildman–Crippen MR) is 88.8 cm³/mol. The molecule has 0 bridgehead atoms. The van der Waals surface area contributed by atoms with Crippen molar-refractivity contribution in [1.29, 1.82) is 0 Å². The van der Waals surface area contributed by atoms with Crippen molar-refractivity contribution < 1.29 is 9.53 Å². The molecule has 126 valence electrons. The molecule has 1 aromatic rings. The van der Waals surface area contributed by atoms with Crippen LogP contribution in [0.4, 0.5) is 0 Å². The summed E-state index contributed by atoms with van der Waals surface area (Å²) >= 11 is 0. The Morgan fingerprint density at radius 2 is 2.26 bits per heavy atom. The van der Waals surface area contributed by atoms with Gasteiger partial charge >= 0.3 is 0 Å². The van der Waals surface area contributed by atoms with Crippen LogP contribution in [0.1, 0.15) is 43.6 Å². The van der Waals surface area contributed by atoms with E-state index in [4.69, 9.17) is 9.72 Å². The molecule has 0 unspecified atom stereocenters. The van der Waals surface area contributed by atoms with Crippen LogP contribution < -0.4 is 0 Å². The van der Waals surface area contributed by atoms with Gasteiger partial charge in [0.05, 0.1) is 25.0 Å². The molecular formula is C18H27N3O2. The largest absolute Gasteiger partial charge is 0.384 e. The van der Waals surface area contributed by atoms with Crippen LogP contribution in [-0.2, 0) is 9.53 Å². The lowest BCUT2D eigenvalue weighted by molar-refractivity contribution is -0.129. The average Bonchev–Trinajstić information content (AvgIpc) is 3.05. The van der Waals surface area contributed by atoms with Crippen molar-refractivity contribution in [2.24, 2.45) is 5.41 Å². The molecule has 5 heteroatoms. The van der Waals surface area contributed by atoms with Crippen LogP contribution in [0.15, 0.2) is 18.2 Å². The molecule has 0 aromatic carbocycles. The molecule has 0 saturated carbocycles. The van der Waals surface area contributed by atoms with Crippen LogP contribution >= 0.6 is 0 Å². The van der Waals surface area contributed by atoms with Crippen molar-refractivity contribution in [1.82, 2.24) is 14.8 Å². The smallest absolute Gasteiger partial charge is 0.224 e. The number of aromatic nitrogens is 1. The maximum Gasteiger partial charge on any atom is 0.224 e. The fraction of sp³-hybridized carbons (Fsp3) is 0.667. The molecular weight excluding hydrogens is 290 g/mol. The highest BCUT2D eigenvalue weighted by Gasteiger charge is 2.41. The molecule has 2 fully saturated rings. The van der Waals surface area contributed by atoms with Crippen LogP contribution in [0.5, 0.6) is 0 Å². The third kappa shape index (κ3) is 3.56. The van der Waals surface area contributed by atoms with Crippen LogP contribution in [0.2, 0.25) is 0 Å². The summed E-state index contributed by atoms with van der Waals surface area (Å²) in [6, 6.07) is 6.54. The zero-order chi connectivity index (χ0) is 16.4. The SMILES string of the molecule is COC[C@@]1(C)CC(=O)N(CN2CCC[C@H]2c2cccc(C)n2)C1. The summed E-state index contributed by atoms with van der Waals surface area (Å²) in [6.45, 7) is 7.33. The molecule has 2 atom stereocenters. The van der Waals surface area contributed by atoms with E-state index in [9.17, 15) is 4.79 Å². The number of carbonyl (C=O) groups is 1. The highest BCUT2D eigenvalue weighted by molar-refractivity contribution is 5.79. The van der Waals surface area contributed by atoms with E-state index in [0.29, 0.717) is 25.7 Å². The van der Waals surface area contributed by atoms with E-state index in [1.807, 2.05) is 17.9 Å². The van der Waals surface area contributed by atoms with E-state index in [2.05, 4.69) is 24.0 Å². The first-order chi connectivity index (χ1) is 11.0. The van der Waals surface area contributed by atoms with Crippen LogP contribution in [0.25, 0.3) is 0 Å². The van der Waals surface area contributed by atoms with Gasteiger partial charge < -0.3 is 9.64 Å². The molecule has 23 heavy (non-hydrogen) atoms. The standard InChI is InChI=1S/C18H27N3O2/c1-14-6-4-7-15(19-14)16-8-5-9-20(16)13-21-11-18(2,12-23-3)10-17(21)22/h4,6-7,16H,5,8-13H2,1-3H3/t16-,18-/m0/s1. The number of hydrogen-bond donors (Lipinski definition) is 0. The second-order valence-corrected chi connectivity index (χ2v) is 7.33. The molecule has 3 rings (SSSR count). The molecule has 3 heterocycles. The molecule has 1 aromatic heterocycles. The van der Waals surface area contributed by atoms with Gasteiger partial charge in [0.15, 0.2) is 0 Å². The van der Waals surface area contributed by atoms with Gasteiger partial charge in [0.1, 0.15) is 0 Å². The zero-order valence-electron chi connectivity index (χ0n) is 14.4. The molecule has 2 aliphatic heterocycles. The predicted octanol–water partition coefficient (Wildman–Crippen LogP) is 2.37. The summed E-state index contributed by atoms with van der Waals surface area (Å²) in [5.74, 6) is 0.243. The van der Waals surface area contributed by atoms with Crippen molar-refractivity contribution in [2.45, 2.75) is 39.2 Å². The molecule has 5 nitrogen and oxygen atoms in total. The Balaban J connectivity index is 1.68. The van der Waals surface area contributed by atoms with Crippen molar-refractivity contribution in [2.75, 3.05) is 33.5 Å². The Morgan fingerprint density at radius 3 is 3.00 bits per heavy atom. The zero-order valence-corrected chi connectivity index (χ0v) is 14.4. The number of pyridine rings is 1. The van der Waals surface area contributed by atoms with E-state index in [1.54, 1.807) is 7.11 Å². The van der Waals surface area contributed by atoms with Crippen molar-refractivity contribution in [3.05, 3.63) is 29.6 Å². The van der Waals surface area contributed by atoms with Crippen molar-refractivity contribution in [3.8, 4) is 0 Å². The summed E-state index contributed by atoms with van der Waals surface area (Å²) in [6.07, 6.45) is 2.87. The number of ether oxygens (including phenoxy) is 1. The first-order valence-corrected chi connectivity index (χ1v) is 8.45. The van der Waals surface area contributed by atoms with Gasteiger partial charge in [-0.25, -0.2) is 0 Å². The first-order valence-electron chi connectivity index (χ1n) is 8.45. The lowest BCUT2D eigenvalue weighted by Crippen LogP contribution is -2.39. The van der Waals surface area contributed by atoms with Gasteiger partial charge in [-0.3, -0.25) is 14.7 Å². The highest BCUT2D eigenvalue weighted by Crippen LogP contribution is 2.35. The number of rotatable bonds is 5. The van der Waals surface area contributed by atoms with Gasteiger partial charge in [0.25, 0.3) is 0 Å². The topological polar surface area (TPSA) is 45.7 Å². The van der Waals surface area contributed by atoms with E-state index in [1.165, 1.54) is 0 Å². The number of hydrogen-bond acceptors (Lipinski definition) is 4. The summed E-state index contributed by atoms with van der Waals surface area (Å²) in [5.41, 5.74) is 2.14. The second kappa shape index (κ2) is 6.57. The normalized spacial score (nSPS) is 28.7. The fourth-order valence-corrected chi connectivity index (χ4v) is 3.96. The average molecular weight is 317 g/mol. The molecule has 0 N–H and O–H groups in total. The van der Waals surface area contributed by atoms with Gasteiger partial charge in [-0.1, -0.05) is 13.0 Å². The quantitative estimate of drug-likeness (QED) is 0.836. The molecule has 0 spiro atoms. The monoisotopic (exact) mass is 317 g/mol. The van der Waals surface area contributed by atoms with E-state index in [0.717, 1.165) is 37.3 Å². The summed E-state index contributed by atoms with van der Waals surface area (Å²) in [5, 5.41) is 0. The third-order valence-corrected chi connectivity index (χ3v) is 4.96. The number of aryl methyl sites for hydroxylation is 1. The van der Waals surface area contributed by atoms with E-state index >= 15 is 0 Å². The lowest BCUT2D eigenvalue weighted by atomic mass is 9.91. The Morgan fingerprint density at radius 1 is 1.43 bits per heavy atom. The van der Waals surface area contributed by atoms with Crippen molar-refractivity contribution in [3.63, 3.8) is 0 Å². The van der Waals surface area contributed by atoms with Crippen LogP contribution in [-0.4, -0.2) is 54.2 Å². The Labute approximate surface area is 138 Å². The second-order valence-electron chi connectivity index (χ2n) is 7.33. The Bertz CT molecular complexity index is 577. The summed E-state index contributed by atoms with van der Waals surface area (Å²) < 4.78 is 5.30. The Kier molecular flexibility index (Phi) is 4.69. The number of amides is 1. The Hall–Kier alpha value is -1.46. The van der Waals surface area contributed by atoms with Gasteiger partial charge in [-0.15, -0.1) is 0 Å². The maximum absolute atomic E-state index is 12.4. The van der Waals surface area contributed by atoms with Gasteiger partial charge in [0, 0.05) is 37.7 Å².